The molecule has 168 valence electrons. The van der Waals surface area contributed by atoms with E-state index in [1.165, 1.54) is 29.1 Å². The van der Waals surface area contributed by atoms with E-state index in [0.29, 0.717) is 38.3 Å². The number of benzene rings is 2. The molecule has 0 aliphatic carbocycles. The van der Waals surface area contributed by atoms with Crippen LogP contribution in [0.5, 0.6) is 11.5 Å². The van der Waals surface area contributed by atoms with Gasteiger partial charge in [0.25, 0.3) is 0 Å². The lowest BCUT2D eigenvalue weighted by Crippen LogP contribution is -2.45. The lowest BCUT2D eigenvalue weighted by molar-refractivity contribution is -0.126. The summed E-state index contributed by atoms with van der Waals surface area (Å²) < 4.78 is 38.1. The zero-order valence-electron chi connectivity index (χ0n) is 18.0. The van der Waals surface area contributed by atoms with Gasteiger partial charge in [0.2, 0.25) is 15.9 Å². The third kappa shape index (κ3) is 5.98. The molecule has 0 aromatic heterocycles. The molecule has 0 radical (unpaired) electrons. The lowest BCUT2D eigenvalue weighted by atomic mass is 9.99. The van der Waals surface area contributed by atoms with Crippen molar-refractivity contribution in [2.45, 2.75) is 31.1 Å². The Balaban J connectivity index is 1.50. The highest BCUT2D eigenvalue weighted by Crippen LogP contribution is 2.25. The van der Waals surface area contributed by atoms with E-state index in [1.807, 2.05) is 24.3 Å². The number of ether oxygens (including phenoxy) is 2. The van der Waals surface area contributed by atoms with Gasteiger partial charge in [-0.1, -0.05) is 19.1 Å². The minimum atomic E-state index is -3.65. The number of nitrogens with one attached hydrogen (secondary N) is 1. The largest absolute Gasteiger partial charge is 0.497 e. The van der Waals surface area contributed by atoms with Crippen LogP contribution in [0.3, 0.4) is 0 Å². The zero-order valence-corrected chi connectivity index (χ0v) is 18.9. The zero-order chi connectivity index (χ0) is 22.3. The van der Waals surface area contributed by atoms with E-state index in [4.69, 9.17) is 9.47 Å². The highest BCUT2D eigenvalue weighted by atomic mass is 32.2. The summed E-state index contributed by atoms with van der Waals surface area (Å²) >= 11 is 0. The summed E-state index contributed by atoms with van der Waals surface area (Å²) in [5, 5.41) is 2.87. The van der Waals surface area contributed by atoms with E-state index in [-0.39, 0.29) is 23.3 Å². The van der Waals surface area contributed by atoms with Crippen LogP contribution in [0.25, 0.3) is 0 Å². The molecular formula is C23H30N2O5S. The Hall–Kier alpha value is -2.58. The first kappa shape index (κ1) is 23.1. The third-order valence-corrected chi connectivity index (χ3v) is 7.33. The van der Waals surface area contributed by atoms with Gasteiger partial charge >= 0.3 is 0 Å². The van der Waals surface area contributed by atoms with Crippen molar-refractivity contribution in [1.82, 2.24) is 9.62 Å². The van der Waals surface area contributed by atoms with Crippen LogP contribution in [0.15, 0.2) is 53.4 Å². The smallest absolute Gasteiger partial charge is 0.243 e. The number of rotatable bonds is 9. The summed E-state index contributed by atoms with van der Waals surface area (Å²) in [4.78, 5) is 12.8. The highest BCUT2D eigenvalue weighted by molar-refractivity contribution is 7.89. The van der Waals surface area contributed by atoms with Crippen molar-refractivity contribution in [3.8, 4) is 11.5 Å². The van der Waals surface area contributed by atoms with Crippen LogP contribution >= 0.6 is 0 Å². The van der Waals surface area contributed by atoms with Crippen molar-refractivity contribution >= 4 is 15.9 Å². The number of methoxy groups -OCH3 is 1. The molecule has 1 fully saturated rings. The molecule has 1 saturated heterocycles. The summed E-state index contributed by atoms with van der Waals surface area (Å²) in [6.07, 6.45) is 2.29. The average Bonchev–Trinajstić information content (AvgIpc) is 2.82. The topological polar surface area (TPSA) is 84.9 Å². The normalized spacial score (nSPS) is 17.2. The summed E-state index contributed by atoms with van der Waals surface area (Å²) in [7, 11) is -2.12. The van der Waals surface area contributed by atoms with Crippen molar-refractivity contribution in [2.24, 2.45) is 5.92 Å². The SMILES string of the molecule is CCc1ccc(OCCNC(=O)[C@H]2CCCN(S(=O)(=O)c3ccc(OC)cc3)C2)cc1. The molecule has 0 spiro atoms. The molecule has 7 nitrogen and oxygen atoms in total. The summed E-state index contributed by atoms with van der Waals surface area (Å²) in [6, 6.07) is 14.2. The van der Waals surface area contributed by atoms with E-state index < -0.39 is 10.0 Å². The molecule has 3 rings (SSSR count). The molecule has 2 aromatic carbocycles. The first-order chi connectivity index (χ1) is 14.9. The van der Waals surface area contributed by atoms with E-state index in [1.54, 1.807) is 12.1 Å². The van der Waals surface area contributed by atoms with Crippen LogP contribution in [-0.4, -0.2) is 52.0 Å². The fraction of sp³-hybridized carbons (Fsp3) is 0.435. The number of amides is 1. The van der Waals surface area contributed by atoms with Crippen LogP contribution in [0.2, 0.25) is 0 Å². The number of hydrogen-bond donors (Lipinski definition) is 1. The second-order valence-electron chi connectivity index (χ2n) is 7.51. The number of carbonyl (C=O) groups is 1. The quantitative estimate of drug-likeness (QED) is 0.599. The van der Waals surface area contributed by atoms with Crippen molar-refractivity contribution in [1.29, 1.82) is 0 Å². The molecule has 1 aliphatic heterocycles. The maximum absolute atomic E-state index is 13.0. The summed E-state index contributed by atoms with van der Waals surface area (Å²) in [5.74, 6) is 0.851. The van der Waals surface area contributed by atoms with Crippen LogP contribution < -0.4 is 14.8 Å². The van der Waals surface area contributed by atoms with E-state index in [2.05, 4.69) is 12.2 Å². The lowest BCUT2D eigenvalue weighted by Gasteiger charge is -2.31. The van der Waals surface area contributed by atoms with Gasteiger partial charge in [-0.15, -0.1) is 0 Å². The Labute approximate surface area is 184 Å². The predicted octanol–water partition coefficient (Wildman–Crippen LogP) is 2.85. The molecule has 2 aromatic rings. The number of carbonyl (C=O) groups excluding carboxylic acids is 1. The molecule has 0 unspecified atom stereocenters. The number of aryl methyl sites for hydroxylation is 1. The van der Waals surface area contributed by atoms with Crippen LogP contribution in [-0.2, 0) is 21.2 Å². The average molecular weight is 447 g/mol. The Bertz CT molecular complexity index is 958. The first-order valence-electron chi connectivity index (χ1n) is 10.6. The number of hydrogen-bond acceptors (Lipinski definition) is 5. The minimum Gasteiger partial charge on any atom is -0.497 e. The first-order valence-corrected chi connectivity index (χ1v) is 12.0. The standard InChI is InChI=1S/C23H30N2O5S/c1-3-18-6-8-21(9-7-18)30-16-14-24-23(26)19-5-4-15-25(17-19)31(27,28)22-12-10-20(29-2)11-13-22/h6-13,19H,3-5,14-17H2,1-2H3,(H,24,26)/t19-/m0/s1. The highest BCUT2D eigenvalue weighted by Gasteiger charge is 2.33. The van der Waals surface area contributed by atoms with Gasteiger partial charge in [0, 0.05) is 13.1 Å². The van der Waals surface area contributed by atoms with Gasteiger partial charge in [-0.3, -0.25) is 4.79 Å². The van der Waals surface area contributed by atoms with E-state index in [9.17, 15) is 13.2 Å². The van der Waals surface area contributed by atoms with Crippen LogP contribution in [0, 0.1) is 5.92 Å². The Morgan fingerprint density at radius 3 is 2.42 bits per heavy atom. The maximum Gasteiger partial charge on any atom is 0.243 e. The van der Waals surface area contributed by atoms with Gasteiger partial charge in [-0.25, -0.2) is 8.42 Å². The van der Waals surface area contributed by atoms with Gasteiger partial charge in [0.15, 0.2) is 0 Å². The molecule has 1 atom stereocenters. The number of nitrogens with zero attached hydrogens (tertiary/aromatic N) is 1. The Morgan fingerprint density at radius 2 is 1.77 bits per heavy atom. The minimum absolute atomic E-state index is 0.139. The molecule has 1 heterocycles. The molecule has 0 saturated carbocycles. The molecular weight excluding hydrogens is 416 g/mol. The van der Waals surface area contributed by atoms with Gasteiger partial charge in [-0.05, 0) is 61.2 Å². The fourth-order valence-corrected chi connectivity index (χ4v) is 5.10. The molecule has 1 aliphatic rings. The van der Waals surface area contributed by atoms with Gasteiger partial charge in [0.05, 0.1) is 24.5 Å². The fourth-order valence-electron chi connectivity index (χ4n) is 3.58. The van der Waals surface area contributed by atoms with Crippen molar-refractivity contribution in [3.05, 3.63) is 54.1 Å². The second kappa shape index (κ2) is 10.6. The molecule has 0 bridgehead atoms. The maximum atomic E-state index is 13.0. The van der Waals surface area contributed by atoms with E-state index in [0.717, 1.165) is 12.2 Å². The van der Waals surface area contributed by atoms with Crippen molar-refractivity contribution < 1.29 is 22.7 Å². The number of sulfonamides is 1. The Kier molecular flexibility index (Phi) is 7.92. The summed E-state index contributed by atoms with van der Waals surface area (Å²) in [6.45, 7) is 3.42. The van der Waals surface area contributed by atoms with Crippen molar-refractivity contribution in [3.63, 3.8) is 0 Å². The summed E-state index contributed by atoms with van der Waals surface area (Å²) in [5.41, 5.74) is 1.24. The van der Waals surface area contributed by atoms with Gasteiger partial charge in [-0.2, -0.15) is 4.31 Å². The molecule has 31 heavy (non-hydrogen) atoms. The number of piperidine rings is 1. The monoisotopic (exact) mass is 446 g/mol. The molecule has 1 N–H and O–H groups in total. The second-order valence-corrected chi connectivity index (χ2v) is 9.45. The van der Waals surface area contributed by atoms with Gasteiger partial charge in [0.1, 0.15) is 18.1 Å². The van der Waals surface area contributed by atoms with Crippen LogP contribution in [0.4, 0.5) is 0 Å². The van der Waals surface area contributed by atoms with Crippen LogP contribution in [0.1, 0.15) is 25.3 Å². The predicted molar refractivity (Wildman–Crippen MR) is 119 cm³/mol. The third-order valence-electron chi connectivity index (χ3n) is 5.45. The van der Waals surface area contributed by atoms with Crippen molar-refractivity contribution in [2.75, 3.05) is 33.4 Å². The van der Waals surface area contributed by atoms with Gasteiger partial charge < -0.3 is 14.8 Å². The molecule has 8 heteroatoms. The van der Waals surface area contributed by atoms with E-state index >= 15 is 0 Å². The Morgan fingerprint density at radius 1 is 1.10 bits per heavy atom. The molecule has 1 amide bonds.